The van der Waals surface area contributed by atoms with Crippen LogP contribution in [0.2, 0.25) is 0 Å². The van der Waals surface area contributed by atoms with Crippen molar-refractivity contribution in [3.8, 4) is 0 Å². The van der Waals surface area contributed by atoms with Crippen molar-refractivity contribution in [3.05, 3.63) is 12.7 Å². The molecular formula is C17H25N3O5. The highest BCUT2D eigenvalue weighted by atomic mass is 16.5. The molecule has 25 heavy (non-hydrogen) atoms. The number of rotatable bonds is 6. The number of hydrogen-bond donors (Lipinski definition) is 2. The molecule has 1 saturated heterocycles. The summed E-state index contributed by atoms with van der Waals surface area (Å²) in [5.74, 6) is -1.64. The minimum absolute atomic E-state index is 0.0160. The molecule has 0 aromatic rings. The van der Waals surface area contributed by atoms with E-state index in [1.807, 2.05) is 6.92 Å². The number of amides is 4. The zero-order valence-electron chi connectivity index (χ0n) is 14.7. The van der Waals surface area contributed by atoms with Gasteiger partial charge in [0, 0.05) is 6.54 Å². The summed E-state index contributed by atoms with van der Waals surface area (Å²) in [6.45, 7) is 6.59. The van der Waals surface area contributed by atoms with E-state index in [1.165, 1.54) is 13.0 Å². The molecule has 2 N–H and O–H groups in total. The Labute approximate surface area is 146 Å². The van der Waals surface area contributed by atoms with Crippen molar-refractivity contribution in [1.82, 2.24) is 15.5 Å². The smallest absolute Gasteiger partial charge is 0.327 e. The fourth-order valence-electron chi connectivity index (χ4n) is 3.37. The lowest BCUT2D eigenvalue weighted by molar-refractivity contribution is -0.156. The molecule has 8 heteroatoms. The molecule has 1 aliphatic heterocycles. The first kappa shape index (κ1) is 19.0. The summed E-state index contributed by atoms with van der Waals surface area (Å²) in [4.78, 5) is 49.6. The summed E-state index contributed by atoms with van der Waals surface area (Å²) < 4.78 is 5.01. The summed E-state index contributed by atoms with van der Waals surface area (Å²) in [6.07, 6.45) is 3.79. The molecule has 2 rings (SSSR count). The van der Waals surface area contributed by atoms with Crippen molar-refractivity contribution < 1.29 is 23.9 Å². The van der Waals surface area contributed by atoms with Gasteiger partial charge in [-0.15, -0.1) is 6.58 Å². The molecule has 0 bridgehead atoms. The van der Waals surface area contributed by atoms with E-state index in [2.05, 4.69) is 17.2 Å². The predicted molar refractivity (Wildman–Crippen MR) is 89.4 cm³/mol. The molecule has 4 amide bonds. The van der Waals surface area contributed by atoms with Crippen molar-refractivity contribution >= 4 is 23.8 Å². The lowest BCUT2D eigenvalue weighted by atomic mass is 9.73. The number of hydrogen-bond acceptors (Lipinski definition) is 5. The molecule has 1 spiro atoms. The molecular weight excluding hydrogens is 326 g/mol. The van der Waals surface area contributed by atoms with Crippen molar-refractivity contribution in [3.63, 3.8) is 0 Å². The SMILES string of the molecule is C=CCNC(=O)[C@H](C)OC(=O)CN1C(=O)N[C@]2(CCCC[C@H]2C)C1=O. The second kappa shape index (κ2) is 7.67. The standard InChI is InChI=1S/C17H25N3O5/c1-4-9-18-14(22)12(3)25-13(21)10-20-15(23)17(19-16(20)24)8-6-5-7-11(17)2/h4,11-12H,1,5-10H2,2-3H3,(H,18,22)(H,19,24)/t11-,12+,17+/m1/s1. The lowest BCUT2D eigenvalue weighted by Gasteiger charge is -2.36. The predicted octanol–water partition coefficient (Wildman–Crippen LogP) is 0.721. The molecule has 0 unspecified atom stereocenters. The maximum absolute atomic E-state index is 12.7. The largest absolute Gasteiger partial charge is 0.451 e. The summed E-state index contributed by atoms with van der Waals surface area (Å²) in [6, 6.07) is -0.584. The number of nitrogens with one attached hydrogen (secondary N) is 2. The van der Waals surface area contributed by atoms with Crippen molar-refractivity contribution in [2.24, 2.45) is 5.92 Å². The van der Waals surface area contributed by atoms with Gasteiger partial charge < -0.3 is 15.4 Å². The van der Waals surface area contributed by atoms with Crippen LogP contribution in [0.5, 0.6) is 0 Å². The Bertz CT molecular complexity index is 591. The first-order valence-corrected chi connectivity index (χ1v) is 8.54. The number of imide groups is 1. The zero-order chi connectivity index (χ0) is 18.6. The highest BCUT2D eigenvalue weighted by Gasteiger charge is 2.55. The van der Waals surface area contributed by atoms with Gasteiger partial charge in [-0.1, -0.05) is 25.8 Å². The fourth-order valence-corrected chi connectivity index (χ4v) is 3.37. The number of esters is 1. The van der Waals surface area contributed by atoms with Crippen LogP contribution in [-0.2, 0) is 19.1 Å². The molecule has 0 aromatic carbocycles. The number of carbonyl (C=O) groups is 4. The van der Waals surface area contributed by atoms with E-state index < -0.39 is 36.1 Å². The third-order valence-electron chi connectivity index (χ3n) is 4.89. The van der Waals surface area contributed by atoms with Gasteiger partial charge in [-0.25, -0.2) is 4.79 Å². The zero-order valence-corrected chi connectivity index (χ0v) is 14.7. The van der Waals surface area contributed by atoms with Gasteiger partial charge in [0.15, 0.2) is 6.10 Å². The van der Waals surface area contributed by atoms with E-state index in [9.17, 15) is 19.2 Å². The van der Waals surface area contributed by atoms with Gasteiger partial charge in [0.05, 0.1) is 0 Å². The van der Waals surface area contributed by atoms with E-state index in [1.54, 1.807) is 0 Å². The van der Waals surface area contributed by atoms with Crippen LogP contribution in [0.15, 0.2) is 12.7 Å². The molecule has 1 heterocycles. The molecule has 0 radical (unpaired) electrons. The summed E-state index contributed by atoms with van der Waals surface area (Å²) in [5, 5.41) is 5.27. The quantitative estimate of drug-likeness (QED) is 0.417. The minimum atomic E-state index is -1.02. The third-order valence-corrected chi connectivity index (χ3v) is 4.89. The Morgan fingerprint density at radius 2 is 2.20 bits per heavy atom. The summed E-state index contributed by atoms with van der Waals surface area (Å²) >= 11 is 0. The van der Waals surface area contributed by atoms with Gasteiger partial charge in [-0.3, -0.25) is 19.3 Å². The molecule has 2 aliphatic rings. The average molecular weight is 351 g/mol. The first-order chi connectivity index (χ1) is 11.8. The van der Waals surface area contributed by atoms with E-state index >= 15 is 0 Å². The first-order valence-electron chi connectivity index (χ1n) is 8.54. The summed E-state index contributed by atoms with van der Waals surface area (Å²) in [5.41, 5.74) is -0.914. The van der Waals surface area contributed by atoms with Gasteiger partial charge in [0.1, 0.15) is 12.1 Å². The maximum atomic E-state index is 12.7. The van der Waals surface area contributed by atoms with Crippen LogP contribution in [-0.4, -0.2) is 53.4 Å². The molecule has 1 saturated carbocycles. The molecule has 8 nitrogen and oxygen atoms in total. The minimum Gasteiger partial charge on any atom is -0.451 e. The number of nitrogens with zero attached hydrogens (tertiary/aromatic N) is 1. The molecule has 1 aliphatic carbocycles. The second-order valence-corrected chi connectivity index (χ2v) is 6.61. The van der Waals surface area contributed by atoms with Crippen LogP contribution in [0.1, 0.15) is 39.5 Å². The lowest BCUT2D eigenvalue weighted by Crippen LogP contribution is -2.54. The normalized spacial score (nSPS) is 27.0. The number of carbonyl (C=O) groups excluding carboxylic acids is 4. The third kappa shape index (κ3) is 3.83. The summed E-state index contributed by atoms with van der Waals surface area (Å²) in [7, 11) is 0. The average Bonchev–Trinajstić information content (AvgIpc) is 2.80. The van der Waals surface area contributed by atoms with E-state index in [4.69, 9.17) is 4.74 Å². The topological polar surface area (TPSA) is 105 Å². The Balaban J connectivity index is 1.96. The Kier molecular flexibility index (Phi) is 5.81. The number of ether oxygens (including phenoxy) is 1. The monoisotopic (exact) mass is 351 g/mol. The highest BCUT2D eigenvalue weighted by molar-refractivity contribution is 6.09. The van der Waals surface area contributed by atoms with E-state index in [0.717, 1.165) is 24.2 Å². The van der Waals surface area contributed by atoms with Gasteiger partial charge in [-0.05, 0) is 25.7 Å². The van der Waals surface area contributed by atoms with Gasteiger partial charge in [0.2, 0.25) is 0 Å². The van der Waals surface area contributed by atoms with Crippen LogP contribution < -0.4 is 10.6 Å². The van der Waals surface area contributed by atoms with Crippen molar-refractivity contribution in [1.29, 1.82) is 0 Å². The van der Waals surface area contributed by atoms with E-state index in [0.29, 0.717) is 6.42 Å². The Morgan fingerprint density at radius 3 is 2.84 bits per heavy atom. The van der Waals surface area contributed by atoms with Crippen LogP contribution >= 0.6 is 0 Å². The maximum Gasteiger partial charge on any atom is 0.327 e. The molecule has 3 atom stereocenters. The molecule has 0 aromatic heterocycles. The highest BCUT2D eigenvalue weighted by Crippen LogP contribution is 2.38. The Morgan fingerprint density at radius 1 is 1.48 bits per heavy atom. The van der Waals surface area contributed by atoms with Gasteiger partial charge in [-0.2, -0.15) is 0 Å². The molecule has 2 fully saturated rings. The van der Waals surface area contributed by atoms with Crippen LogP contribution in [0.4, 0.5) is 4.79 Å². The van der Waals surface area contributed by atoms with Crippen LogP contribution in [0, 0.1) is 5.92 Å². The van der Waals surface area contributed by atoms with Crippen molar-refractivity contribution in [2.75, 3.05) is 13.1 Å². The second-order valence-electron chi connectivity index (χ2n) is 6.61. The fraction of sp³-hybridized carbons (Fsp3) is 0.647. The molecule has 138 valence electrons. The van der Waals surface area contributed by atoms with Gasteiger partial charge in [0.25, 0.3) is 11.8 Å². The van der Waals surface area contributed by atoms with Crippen LogP contribution in [0.25, 0.3) is 0 Å². The van der Waals surface area contributed by atoms with Crippen molar-refractivity contribution in [2.45, 2.75) is 51.2 Å². The number of urea groups is 1. The van der Waals surface area contributed by atoms with E-state index in [-0.39, 0.29) is 18.4 Å². The van der Waals surface area contributed by atoms with Gasteiger partial charge >= 0.3 is 12.0 Å². The van der Waals surface area contributed by atoms with Crippen LogP contribution in [0.3, 0.4) is 0 Å². The Hall–Kier alpha value is -2.38.